The molecule has 14 heavy (non-hydrogen) atoms. The number of hydrogen-bond acceptors (Lipinski definition) is 2. The van der Waals surface area contributed by atoms with Crippen LogP contribution in [0.3, 0.4) is 0 Å². The van der Waals surface area contributed by atoms with Crippen LogP contribution >= 0.6 is 0 Å². The minimum Gasteiger partial charge on any atom is -0.481 e. The second-order valence-corrected chi connectivity index (χ2v) is 3.69. The van der Waals surface area contributed by atoms with E-state index in [2.05, 4.69) is 0 Å². The maximum absolute atomic E-state index is 10.7. The van der Waals surface area contributed by atoms with Crippen LogP contribution in [0.15, 0.2) is 24.3 Å². The van der Waals surface area contributed by atoms with Crippen LogP contribution < -0.4 is 0 Å². The molecule has 0 saturated heterocycles. The number of hydrogen-bond donors (Lipinski definition) is 2. The molecule has 3 nitrogen and oxygen atoms in total. The molecule has 2 unspecified atom stereocenters. The van der Waals surface area contributed by atoms with Crippen LogP contribution in [0, 0.1) is 5.92 Å². The van der Waals surface area contributed by atoms with Crippen LogP contribution in [0.2, 0.25) is 0 Å². The van der Waals surface area contributed by atoms with Crippen LogP contribution in [0.25, 0.3) is 0 Å². The van der Waals surface area contributed by atoms with Crippen molar-refractivity contribution in [2.75, 3.05) is 0 Å². The molecular formula is C11H12O3. The van der Waals surface area contributed by atoms with E-state index in [0.29, 0.717) is 0 Å². The van der Waals surface area contributed by atoms with Crippen molar-refractivity contribution in [3.8, 4) is 0 Å². The minimum absolute atomic E-state index is 0.0122. The highest BCUT2D eigenvalue weighted by atomic mass is 16.4. The number of aliphatic hydroxyl groups excluding tert-OH is 1. The zero-order chi connectivity index (χ0) is 10.1. The molecule has 1 aliphatic carbocycles. The summed E-state index contributed by atoms with van der Waals surface area (Å²) in [5, 5.41) is 17.7. The Morgan fingerprint density at radius 3 is 2.86 bits per heavy atom. The standard InChI is InChI=1S/C11H12O3/c12-6-7-2-1-3-8(4-7)9-5-10(9)11(13)14/h1-4,9-10,12H,5-6H2,(H,13,14). The Bertz CT molecular complexity index is 359. The van der Waals surface area contributed by atoms with E-state index < -0.39 is 5.97 Å². The lowest BCUT2D eigenvalue weighted by Gasteiger charge is -2.01. The Hall–Kier alpha value is -1.35. The summed E-state index contributed by atoms with van der Waals surface area (Å²) in [5.41, 5.74) is 1.88. The summed E-state index contributed by atoms with van der Waals surface area (Å²) >= 11 is 0. The molecule has 0 aliphatic heterocycles. The van der Waals surface area contributed by atoms with Crippen LogP contribution in [-0.2, 0) is 11.4 Å². The summed E-state index contributed by atoms with van der Waals surface area (Å²) in [6.45, 7) is 0.0122. The fourth-order valence-corrected chi connectivity index (χ4v) is 1.76. The fourth-order valence-electron chi connectivity index (χ4n) is 1.76. The number of aliphatic carboxylic acids is 1. The fraction of sp³-hybridized carbons (Fsp3) is 0.364. The van der Waals surface area contributed by atoms with Gasteiger partial charge in [0.05, 0.1) is 12.5 Å². The SMILES string of the molecule is O=C(O)C1CC1c1cccc(CO)c1. The van der Waals surface area contributed by atoms with E-state index in [4.69, 9.17) is 10.2 Å². The molecule has 1 fully saturated rings. The molecule has 0 radical (unpaired) electrons. The first-order chi connectivity index (χ1) is 6.72. The Balaban J connectivity index is 2.15. The molecule has 1 aromatic rings. The highest BCUT2D eigenvalue weighted by Gasteiger charge is 2.44. The number of carboxylic acids is 1. The Morgan fingerprint density at radius 2 is 2.29 bits per heavy atom. The number of rotatable bonds is 3. The van der Waals surface area contributed by atoms with E-state index >= 15 is 0 Å². The first-order valence-electron chi connectivity index (χ1n) is 4.65. The second-order valence-electron chi connectivity index (χ2n) is 3.69. The summed E-state index contributed by atoms with van der Waals surface area (Å²) in [4.78, 5) is 10.7. The van der Waals surface area contributed by atoms with Gasteiger partial charge in [0.25, 0.3) is 0 Å². The molecule has 0 aromatic heterocycles. The number of aliphatic hydroxyl groups is 1. The van der Waals surface area contributed by atoms with E-state index in [1.165, 1.54) is 0 Å². The van der Waals surface area contributed by atoms with Gasteiger partial charge in [-0.05, 0) is 23.5 Å². The third-order valence-corrected chi connectivity index (χ3v) is 2.67. The third kappa shape index (κ3) is 1.63. The molecule has 74 valence electrons. The topological polar surface area (TPSA) is 57.5 Å². The molecule has 1 aliphatic rings. The first kappa shape index (κ1) is 9.21. The lowest BCUT2D eigenvalue weighted by molar-refractivity contribution is -0.138. The summed E-state index contributed by atoms with van der Waals surface area (Å²) in [6.07, 6.45) is 0.726. The van der Waals surface area contributed by atoms with Crippen molar-refractivity contribution in [2.45, 2.75) is 18.9 Å². The Kier molecular flexibility index (Phi) is 2.25. The van der Waals surface area contributed by atoms with Crippen LogP contribution in [0.4, 0.5) is 0 Å². The van der Waals surface area contributed by atoms with Gasteiger partial charge < -0.3 is 10.2 Å². The summed E-state index contributed by atoms with van der Waals surface area (Å²) in [7, 11) is 0. The monoisotopic (exact) mass is 192 g/mol. The number of carbonyl (C=O) groups is 1. The molecule has 2 rings (SSSR count). The molecule has 1 saturated carbocycles. The zero-order valence-electron chi connectivity index (χ0n) is 7.68. The van der Waals surface area contributed by atoms with Crippen molar-refractivity contribution in [3.63, 3.8) is 0 Å². The van der Waals surface area contributed by atoms with E-state index in [9.17, 15) is 4.79 Å². The largest absolute Gasteiger partial charge is 0.481 e. The van der Waals surface area contributed by atoms with E-state index in [0.717, 1.165) is 17.5 Å². The molecule has 3 heteroatoms. The van der Waals surface area contributed by atoms with Gasteiger partial charge in [0, 0.05) is 0 Å². The van der Waals surface area contributed by atoms with Gasteiger partial charge in [-0.2, -0.15) is 0 Å². The van der Waals surface area contributed by atoms with Crippen molar-refractivity contribution in [1.29, 1.82) is 0 Å². The minimum atomic E-state index is -0.718. The number of benzene rings is 1. The predicted molar refractivity (Wildman–Crippen MR) is 50.8 cm³/mol. The van der Waals surface area contributed by atoms with Crippen LogP contribution in [0.1, 0.15) is 23.5 Å². The quantitative estimate of drug-likeness (QED) is 0.760. The Labute approximate surface area is 82.0 Å². The molecule has 2 atom stereocenters. The maximum atomic E-state index is 10.7. The van der Waals surface area contributed by atoms with Crippen molar-refractivity contribution in [3.05, 3.63) is 35.4 Å². The second kappa shape index (κ2) is 3.42. The lowest BCUT2D eigenvalue weighted by atomic mass is 10.1. The molecule has 1 aromatic carbocycles. The van der Waals surface area contributed by atoms with E-state index in [1.54, 1.807) is 0 Å². The maximum Gasteiger partial charge on any atom is 0.307 e. The smallest absolute Gasteiger partial charge is 0.307 e. The van der Waals surface area contributed by atoms with Gasteiger partial charge in [-0.15, -0.1) is 0 Å². The van der Waals surface area contributed by atoms with Gasteiger partial charge in [-0.25, -0.2) is 0 Å². The summed E-state index contributed by atoms with van der Waals surface area (Å²) < 4.78 is 0. The normalized spacial score (nSPS) is 24.6. The highest BCUT2D eigenvalue weighted by Crippen LogP contribution is 2.47. The van der Waals surface area contributed by atoms with Gasteiger partial charge >= 0.3 is 5.97 Å². The average molecular weight is 192 g/mol. The van der Waals surface area contributed by atoms with Crippen LogP contribution in [-0.4, -0.2) is 16.2 Å². The van der Waals surface area contributed by atoms with Crippen molar-refractivity contribution in [2.24, 2.45) is 5.92 Å². The van der Waals surface area contributed by atoms with Gasteiger partial charge in [0.1, 0.15) is 0 Å². The van der Waals surface area contributed by atoms with Crippen LogP contribution in [0.5, 0.6) is 0 Å². The van der Waals surface area contributed by atoms with Gasteiger partial charge in [-0.1, -0.05) is 24.3 Å². The molecule has 0 spiro atoms. The van der Waals surface area contributed by atoms with Gasteiger partial charge in [-0.3, -0.25) is 4.79 Å². The van der Waals surface area contributed by atoms with E-state index in [-0.39, 0.29) is 18.4 Å². The predicted octanol–water partition coefficient (Wildman–Crippen LogP) is 1.37. The molecule has 2 N–H and O–H groups in total. The summed E-state index contributed by atoms with van der Waals surface area (Å²) in [6, 6.07) is 7.50. The zero-order valence-corrected chi connectivity index (χ0v) is 7.68. The summed E-state index contributed by atoms with van der Waals surface area (Å²) in [5.74, 6) is -0.785. The third-order valence-electron chi connectivity index (χ3n) is 2.67. The van der Waals surface area contributed by atoms with Gasteiger partial charge in [0.2, 0.25) is 0 Å². The van der Waals surface area contributed by atoms with Crippen molar-refractivity contribution < 1.29 is 15.0 Å². The molecule has 0 amide bonds. The van der Waals surface area contributed by atoms with Crippen molar-refractivity contribution >= 4 is 5.97 Å². The first-order valence-corrected chi connectivity index (χ1v) is 4.65. The molecule has 0 bridgehead atoms. The molecular weight excluding hydrogens is 180 g/mol. The average Bonchev–Trinajstić information content (AvgIpc) is 2.97. The number of carboxylic acid groups (broad SMARTS) is 1. The lowest BCUT2D eigenvalue weighted by Crippen LogP contribution is -1.99. The molecule has 0 heterocycles. The van der Waals surface area contributed by atoms with Crippen molar-refractivity contribution in [1.82, 2.24) is 0 Å². The highest BCUT2D eigenvalue weighted by molar-refractivity contribution is 5.75. The Morgan fingerprint density at radius 1 is 1.50 bits per heavy atom. The van der Waals surface area contributed by atoms with Gasteiger partial charge in [0.15, 0.2) is 0 Å². The van der Waals surface area contributed by atoms with E-state index in [1.807, 2.05) is 24.3 Å².